The molecule has 4 heteroatoms. The summed E-state index contributed by atoms with van der Waals surface area (Å²) in [6, 6.07) is 12.6. The molecule has 1 aromatic heterocycles. The van der Waals surface area contributed by atoms with Gasteiger partial charge in [0.15, 0.2) is 0 Å². The smallest absolute Gasteiger partial charge is 0.353 e. The van der Waals surface area contributed by atoms with Crippen LogP contribution in [0.3, 0.4) is 0 Å². The second-order valence-electron chi connectivity index (χ2n) is 3.06. The van der Waals surface area contributed by atoms with Crippen molar-refractivity contribution in [2.75, 3.05) is 0 Å². The summed E-state index contributed by atoms with van der Waals surface area (Å²) < 4.78 is 1.15. The Bertz CT molecular complexity index is 491. The van der Waals surface area contributed by atoms with Gasteiger partial charge >= 0.3 is 5.97 Å². The van der Waals surface area contributed by atoms with E-state index < -0.39 is 5.97 Å². The molecule has 0 unspecified atom stereocenters. The number of carboxylic acids is 1. The third kappa shape index (κ3) is 1.74. The van der Waals surface area contributed by atoms with Crippen LogP contribution >= 0.6 is 11.8 Å². The second-order valence-corrected chi connectivity index (χ2v) is 3.39. The number of carboxylic acid groups (broad SMARTS) is 1. The van der Waals surface area contributed by atoms with Crippen LogP contribution < -0.4 is 0 Å². The van der Waals surface area contributed by atoms with Gasteiger partial charge in [0.05, 0.1) is 5.69 Å². The van der Waals surface area contributed by atoms with E-state index in [0.717, 1.165) is 9.65 Å². The van der Waals surface area contributed by atoms with E-state index in [4.69, 9.17) is 16.9 Å². The van der Waals surface area contributed by atoms with Gasteiger partial charge in [-0.2, -0.15) is 0 Å². The van der Waals surface area contributed by atoms with E-state index in [1.54, 1.807) is 6.07 Å². The third-order valence-electron chi connectivity index (χ3n) is 2.11. The Kier molecular flexibility index (Phi) is 2.47. The lowest BCUT2D eigenvalue weighted by atomic mass is 10.2. The highest BCUT2D eigenvalue weighted by atomic mass is 35.5. The van der Waals surface area contributed by atoms with Crippen molar-refractivity contribution in [3.63, 3.8) is 0 Å². The summed E-state index contributed by atoms with van der Waals surface area (Å²) in [6.45, 7) is 0. The number of carbonyl (C=O) groups is 1. The fourth-order valence-electron chi connectivity index (χ4n) is 1.39. The van der Waals surface area contributed by atoms with E-state index in [1.165, 1.54) is 6.07 Å². The number of nitrogens with zero attached hydrogens (tertiary/aromatic N) is 1. The van der Waals surface area contributed by atoms with Gasteiger partial charge < -0.3 is 5.11 Å². The van der Waals surface area contributed by atoms with Crippen LogP contribution in [0.4, 0.5) is 0 Å². The molecule has 3 nitrogen and oxygen atoms in total. The Labute approximate surface area is 91.6 Å². The Hall–Kier alpha value is -1.74. The molecular weight excluding hydrogens is 214 g/mol. The number of aromatic nitrogens is 1. The molecular formula is C11H8ClNO2. The van der Waals surface area contributed by atoms with Crippen molar-refractivity contribution in [3.8, 4) is 11.3 Å². The molecule has 0 fully saturated rings. The van der Waals surface area contributed by atoms with Gasteiger partial charge in [-0.3, -0.25) is 0 Å². The normalized spacial score (nSPS) is 10.2. The maximum absolute atomic E-state index is 10.8. The standard InChI is InChI=1S/C11H8ClNO2/c12-13-9(6-7-10(13)11(14)15)8-4-2-1-3-5-8/h1-7H,(H,14,15). The van der Waals surface area contributed by atoms with Gasteiger partial charge in [0.1, 0.15) is 5.69 Å². The minimum absolute atomic E-state index is 0.0653. The van der Waals surface area contributed by atoms with Crippen molar-refractivity contribution < 1.29 is 9.90 Å². The molecule has 2 aromatic rings. The van der Waals surface area contributed by atoms with Gasteiger partial charge in [0, 0.05) is 11.8 Å². The Balaban J connectivity index is 2.52. The molecule has 76 valence electrons. The fraction of sp³-hybridized carbons (Fsp3) is 0. The molecule has 1 N–H and O–H groups in total. The first-order valence-electron chi connectivity index (χ1n) is 4.37. The largest absolute Gasteiger partial charge is 0.477 e. The van der Waals surface area contributed by atoms with E-state index in [2.05, 4.69) is 0 Å². The van der Waals surface area contributed by atoms with Crippen LogP contribution in [0.15, 0.2) is 42.5 Å². The van der Waals surface area contributed by atoms with Crippen molar-refractivity contribution in [2.24, 2.45) is 0 Å². The zero-order valence-corrected chi connectivity index (χ0v) is 8.48. The van der Waals surface area contributed by atoms with Gasteiger partial charge in [-0.1, -0.05) is 30.3 Å². The molecule has 0 saturated carbocycles. The summed E-state index contributed by atoms with van der Waals surface area (Å²) in [7, 11) is 0. The van der Waals surface area contributed by atoms with E-state index >= 15 is 0 Å². The molecule has 15 heavy (non-hydrogen) atoms. The number of benzene rings is 1. The highest BCUT2D eigenvalue weighted by Crippen LogP contribution is 2.23. The van der Waals surface area contributed by atoms with Crippen molar-refractivity contribution in [3.05, 3.63) is 48.2 Å². The number of rotatable bonds is 2. The third-order valence-corrected chi connectivity index (χ3v) is 2.47. The zero-order valence-electron chi connectivity index (χ0n) is 7.72. The molecule has 0 bridgehead atoms. The Morgan fingerprint density at radius 1 is 1.13 bits per heavy atom. The van der Waals surface area contributed by atoms with Gasteiger partial charge in [-0.05, 0) is 17.7 Å². The maximum Gasteiger partial charge on any atom is 0.353 e. The van der Waals surface area contributed by atoms with Crippen LogP contribution in [-0.2, 0) is 0 Å². The molecule has 0 aliphatic rings. The van der Waals surface area contributed by atoms with Crippen LogP contribution in [0.2, 0.25) is 0 Å². The Morgan fingerprint density at radius 2 is 1.80 bits per heavy atom. The average Bonchev–Trinajstić information content (AvgIpc) is 2.61. The van der Waals surface area contributed by atoms with Gasteiger partial charge in [-0.15, -0.1) is 0 Å². The molecule has 0 aliphatic heterocycles. The summed E-state index contributed by atoms with van der Waals surface area (Å²) in [5.41, 5.74) is 1.63. The van der Waals surface area contributed by atoms with Gasteiger partial charge in [0.25, 0.3) is 0 Å². The molecule has 0 amide bonds. The molecule has 1 heterocycles. The zero-order chi connectivity index (χ0) is 10.8. The molecule has 0 radical (unpaired) electrons. The Morgan fingerprint density at radius 3 is 2.33 bits per heavy atom. The van der Waals surface area contributed by atoms with Gasteiger partial charge in [0.2, 0.25) is 0 Å². The number of hydrogen-bond acceptors (Lipinski definition) is 1. The summed E-state index contributed by atoms with van der Waals surface area (Å²) in [5, 5.41) is 8.82. The second kappa shape index (κ2) is 3.79. The van der Waals surface area contributed by atoms with Crippen molar-refractivity contribution in [2.45, 2.75) is 0 Å². The van der Waals surface area contributed by atoms with E-state index in [-0.39, 0.29) is 5.69 Å². The van der Waals surface area contributed by atoms with Crippen LogP contribution in [0.5, 0.6) is 0 Å². The van der Waals surface area contributed by atoms with E-state index in [1.807, 2.05) is 30.3 Å². The van der Waals surface area contributed by atoms with Gasteiger partial charge in [-0.25, -0.2) is 8.88 Å². The van der Waals surface area contributed by atoms with Crippen LogP contribution in [0, 0.1) is 0 Å². The quantitative estimate of drug-likeness (QED) is 0.847. The number of hydrogen-bond donors (Lipinski definition) is 1. The predicted molar refractivity (Wildman–Crippen MR) is 58.1 cm³/mol. The predicted octanol–water partition coefficient (Wildman–Crippen LogP) is 2.86. The molecule has 0 atom stereocenters. The highest BCUT2D eigenvalue weighted by Gasteiger charge is 2.13. The number of halogens is 1. The fourth-order valence-corrected chi connectivity index (χ4v) is 1.67. The SMILES string of the molecule is O=C(O)c1ccc(-c2ccccc2)n1Cl. The van der Waals surface area contributed by atoms with E-state index in [9.17, 15) is 4.79 Å². The molecule has 0 saturated heterocycles. The lowest BCUT2D eigenvalue weighted by Gasteiger charge is -2.01. The molecule has 0 aliphatic carbocycles. The topological polar surface area (TPSA) is 42.2 Å². The molecule has 1 aromatic carbocycles. The van der Waals surface area contributed by atoms with Crippen LogP contribution in [0.1, 0.15) is 10.5 Å². The van der Waals surface area contributed by atoms with Crippen molar-refractivity contribution in [1.29, 1.82) is 0 Å². The summed E-state index contributed by atoms with van der Waals surface area (Å²) in [5.74, 6) is -1.04. The van der Waals surface area contributed by atoms with Crippen LogP contribution in [0.25, 0.3) is 11.3 Å². The number of aromatic carboxylic acids is 1. The highest BCUT2D eigenvalue weighted by molar-refractivity contribution is 6.19. The minimum atomic E-state index is -1.04. The summed E-state index contributed by atoms with van der Waals surface area (Å²) >= 11 is 5.89. The first-order chi connectivity index (χ1) is 7.20. The lowest BCUT2D eigenvalue weighted by Crippen LogP contribution is -2.01. The maximum atomic E-state index is 10.8. The lowest BCUT2D eigenvalue weighted by molar-refractivity contribution is 0.0690. The first-order valence-corrected chi connectivity index (χ1v) is 4.70. The van der Waals surface area contributed by atoms with Crippen LogP contribution in [-0.4, -0.2) is 15.2 Å². The van der Waals surface area contributed by atoms with Crippen molar-refractivity contribution >= 4 is 17.7 Å². The minimum Gasteiger partial charge on any atom is -0.477 e. The van der Waals surface area contributed by atoms with Crippen molar-refractivity contribution in [1.82, 2.24) is 4.09 Å². The molecule has 0 spiro atoms. The molecule has 2 rings (SSSR count). The summed E-state index contributed by atoms with van der Waals surface area (Å²) in [6.07, 6.45) is 0. The monoisotopic (exact) mass is 221 g/mol. The average molecular weight is 222 g/mol. The first kappa shape index (κ1) is 9.80. The summed E-state index contributed by atoms with van der Waals surface area (Å²) in [4.78, 5) is 10.8. The van der Waals surface area contributed by atoms with E-state index in [0.29, 0.717) is 5.69 Å².